The first-order chi connectivity index (χ1) is 12.3. The van der Waals surface area contributed by atoms with E-state index in [9.17, 15) is 4.79 Å². The van der Waals surface area contributed by atoms with Gasteiger partial charge >= 0.3 is 5.97 Å². The number of hydrogen-bond acceptors (Lipinski definition) is 4. The van der Waals surface area contributed by atoms with Gasteiger partial charge in [-0.3, -0.25) is 9.79 Å². The predicted octanol–water partition coefficient (Wildman–Crippen LogP) is 2.20. The summed E-state index contributed by atoms with van der Waals surface area (Å²) in [6, 6.07) is 17.1. The van der Waals surface area contributed by atoms with E-state index in [2.05, 4.69) is 47.8 Å². The van der Waals surface area contributed by atoms with E-state index in [-0.39, 0.29) is 24.6 Å². The SMILES string of the molecule is CCOC(=O)CNC1CCC2=c3c1cccc3=NC2c1ccccc1. The summed E-state index contributed by atoms with van der Waals surface area (Å²) in [5.41, 5.74) is 3.91. The van der Waals surface area contributed by atoms with Crippen molar-refractivity contribution in [3.8, 4) is 0 Å². The van der Waals surface area contributed by atoms with E-state index in [4.69, 9.17) is 9.73 Å². The van der Waals surface area contributed by atoms with E-state index < -0.39 is 0 Å². The molecule has 2 aromatic rings. The lowest BCUT2D eigenvalue weighted by molar-refractivity contribution is -0.142. The molecule has 2 atom stereocenters. The van der Waals surface area contributed by atoms with E-state index in [1.165, 1.54) is 21.9 Å². The molecule has 0 fully saturated rings. The second-order valence-electron chi connectivity index (χ2n) is 6.49. The van der Waals surface area contributed by atoms with E-state index in [1.807, 2.05) is 13.0 Å². The van der Waals surface area contributed by atoms with Crippen LogP contribution in [0.5, 0.6) is 0 Å². The Morgan fingerprint density at radius 3 is 2.84 bits per heavy atom. The summed E-state index contributed by atoms with van der Waals surface area (Å²) in [7, 11) is 0. The lowest BCUT2D eigenvalue weighted by Crippen LogP contribution is -2.38. The molecule has 0 bridgehead atoms. The molecule has 0 radical (unpaired) electrons. The number of esters is 1. The quantitative estimate of drug-likeness (QED) is 0.853. The van der Waals surface area contributed by atoms with Gasteiger partial charge in [-0.05, 0) is 42.5 Å². The predicted molar refractivity (Wildman–Crippen MR) is 96.4 cm³/mol. The molecule has 2 aromatic carbocycles. The van der Waals surface area contributed by atoms with Crippen molar-refractivity contribution < 1.29 is 9.53 Å². The summed E-state index contributed by atoms with van der Waals surface area (Å²) >= 11 is 0. The Kier molecular flexibility index (Phi) is 4.36. The van der Waals surface area contributed by atoms with Crippen molar-refractivity contribution in [2.75, 3.05) is 13.2 Å². The maximum Gasteiger partial charge on any atom is 0.319 e. The third-order valence-corrected chi connectivity index (χ3v) is 4.99. The van der Waals surface area contributed by atoms with Crippen LogP contribution in [0.2, 0.25) is 0 Å². The van der Waals surface area contributed by atoms with Gasteiger partial charge in [-0.15, -0.1) is 0 Å². The minimum atomic E-state index is -0.197. The van der Waals surface area contributed by atoms with Crippen LogP contribution in [-0.4, -0.2) is 19.1 Å². The van der Waals surface area contributed by atoms with E-state index in [0.29, 0.717) is 6.61 Å². The van der Waals surface area contributed by atoms with E-state index >= 15 is 0 Å². The molecular weight excluding hydrogens is 312 g/mol. The van der Waals surface area contributed by atoms with Crippen LogP contribution in [0.4, 0.5) is 0 Å². The van der Waals surface area contributed by atoms with Crippen LogP contribution in [0.1, 0.15) is 43.0 Å². The molecule has 4 rings (SSSR count). The van der Waals surface area contributed by atoms with E-state index in [1.54, 1.807) is 0 Å². The highest BCUT2D eigenvalue weighted by atomic mass is 16.5. The molecule has 0 aromatic heterocycles. The molecule has 0 amide bonds. The zero-order valence-electron chi connectivity index (χ0n) is 14.4. The molecule has 1 heterocycles. The Labute approximate surface area is 147 Å². The van der Waals surface area contributed by atoms with Crippen molar-refractivity contribution in [1.82, 2.24) is 5.32 Å². The third-order valence-electron chi connectivity index (χ3n) is 4.99. The first kappa shape index (κ1) is 16.0. The number of ether oxygens (including phenoxy) is 1. The molecule has 2 aliphatic rings. The molecule has 4 heteroatoms. The normalized spacial score (nSPS) is 20.8. The van der Waals surface area contributed by atoms with Gasteiger partial charge in [-0.2, -0.15) is 0 Å². The second-order valence-corrected chi connectivity index (χ2v) is 6.49. The lowest BCUT2D eigenvalue weighted by Gasteiger charge is -2.25. The number of rotatable bonds is 5. The van der Waals surface area contributed by atoms with Gasteiger partial charge in [-0.25, -0.2) is 0 Å². The lowest BCUT2D eigenvalue weighted by atomic mass is 9.85. The molecule has 1 aliphatic carbocycles. The van der Waals surface area contributed by atoms with Crippen molar-refractivity contribution in [3.63, 3.8) is 0 Å². The molecule has 0 spiro atoms. The maximum absolute atomic E-state index is 11.7. The van der Waals surface area contributed by atoms with Crippen molar-refractivity contribution in [2.45, 2.75) is 31.8 Å². The smallest absolute Gasteiger partial charge is 0.319 e. The Bertz CT molecular complexity index is 905. The summed E-state index contributed by atoms with van der Waals surface area (Å²) in [5.74, 6) is -0.197. The van der Waals surface area contributed by atoms with Gasteiger partial charge in [0.1, 0.15) is 0 Å². The highest BCUT2D eigenvalue weighted by Gasteiger charge is 2.29. The van der Waals surface area contributed by atoms with Crippen LogP contribution < -0.4 is 15.9 Å². The molecule has 25 heavy (non-hydrogen) atoms. The molecule has 1 N–H and O–H groups in total. The van der Waals surface area contributed by atoms with Crippen molar-refractivity contribution in [1.29, 1.82) is 0 Å². The minimum absolute atomic E-state index is 0.128. The van der Waals surface area contributed by atoms with Gasteiger partial charge < -0.3 is 10.1 Å². The number of nitrogens with zero attached hydrogens (tertiary/aromatic N) is 1. The van der Waals surface area contributed by atoms with Gasteiger partial charge in [0, 0.05) is 11.3 Å². The largest absolute Gasteiger partial charge is 0.465 e. The molecule has 0 saturated carbocycles. The van der Waals surface area contributed by atoms with Gasteiger partial charge in [0.15, 0.2) is 0 Å². The Morgan fingerprint density at radius 2 is 2.04 bits per heavy atom. The Morgan fingerprint density at radius 1 is 1.20 bits per heavy atom. The molecule has 128 valence electrons. The van der Waals surface area contributed by atoms with Crippen LogP contribution in [0.15, 0.2) is 53.5 Å². The molecule has 2 unspecified atom stereocenters. The average Bonchev–Trinajstić information content (AvgIpc) is 3.03. The highest BCUT2D eigenvalue weighted by Crippen LogP contribution is 2.35. The summed E-state index contributed by atoms with van der Waals surface area (Å²) in [4.78, 5) is 16.6. The number of hydrogen-bond donors (Lipinski definition) is 1. The standard InChI is InChI=1S/C21H22N2O2/c1-2-25-19(24)13-22-17-12-11-16-20-15(17)9-6-10-18(20)23-21(16)14-7-4-3-5-8-14/h3-10,17,21-22H,2,11-13H2,1H3. The Balaban J connectivity index is 1.67. The summed E-state index contributed by atoms with van der Waals surface area (Å²) in [6.45, 7) is 2.49. The molecule has 0 saturated heterocycles. The zero-order valence-corrected chi connectivity index (χ0v) is 14.4. The maximum atomic E-state index is 11.7. The fourth-order valence-electron chi connectivity index (χ4n) is 3.92. The van der Waals surface area contributed by atoms with Crippen LogP contribution in [0, 0.1) is 0 Å². The van der Waals surface area contributed by atoms with E-state index in [0.717, 1.165) is 18.2 Å². The topological polar surface area (TPSA) is 50.7 Å². The molecule has 4 nitrogen and oxygen atoms in total. The second kappa shape index (κ2) is 6.81. The zero-order chi connectivity index (χ0) is 17.2. The number of carbonyl (C=O) groups is 1. The van der Waals surface area contributed by atoms with Crippen LogP contribution in [0.25, 0.3) is 5.57 Å². The third kappa shape index (κ3) is 2.98. The van der Waals surface area contributed by atoms with Crippen molar-refractivity contribution in [3.05, 3.63) is 70.2 Å². The molecular formula is C21H22N2O2. The van der Waals surface area contributed by atoms with Gasteiger partial charge in [-0.1, -0.05) is 42.5 Å². The number of benzene rings is 2. The van der Waals surface area contributed by atoms with Gasteiger partial charge in [0.05, 0.1) is 24.6 Å². The first-order valence-electron chi connectivity index (χ1n) is 8.91. The van der Waals surface area contributed by atoms with Crippen molar-refractivity contribution in [2.24, 2.45) is 4.99 Å². The van der Waals surface area contributed by atoms with Crippen LogP contribution >= 0.6 is 0 Å². The average molecular weight is 334 g/mol. The van der Waals surface area contributed by atoms with Gasteiger partial charge in [0.2, 0.25) is 0 Å². The monoisotopic (exact) mass is 334 g/mol. The van der Waals surface area contributed by atoms with Gasteiger partial charge in [0.25, 0.3) is 0 Å². The molecule has 1 aliphatic heterocycles. The fourth-order valence-corrected chi connectivity index (χ4v) is 3.92. The first-order valence-corrected chi connectivity index (χ1v) is 8.91. The van der Waals surface area contributed by atoms with Crippen LogP contribution in [-0.2, 0) is 9.53 Å². The number of carbonyl (C=O) groups excluding carboxylic acids is 1. The number of nitrogens with one attached hydrogen (secondary N) is 1. The summed E-state index contributed by atoms with van der Waals surface area (Å²) in [6.07, 6.45) is 1.97. The van der Waals surface area contributed by atoms with Crippen LogP contribution in [0.3, 0.4) is 0 Å². The summed E-state index contributed by atoms with van der Waals surface area (Å²) in [5, 5.41) is 5.72. The Hall–Kier alpha value is -2.46. The highest BCUT2D eigenvalue weighted by molar-refractivity contribution is 5.71. The summed E-state index contributed by atoms with van der Waals surface area (Å²) < 4.78 is 5.03. The fraction of sp³-hybridized carbons (Fsp3) is 0.333. The van der Waals surface area contributed by atoms with Crippen molar-refractivity contribution >= 4 is 11.5 Å². The minimum Gasteiger partial charge on any atom is -0.465 e.